The Labute approximate surface area is 175 Å². The van der Waals surface area contributed by atoms with Crippen molar-refractivity contribution in [2.24, 2.45) is 0 Å². The van der Waals surface area contributed by atoms with E-state index in [1.165, 1.54) is 12.0 Å². The fourth-order valence-corrected chi connectivity index (χ4v) is 4.67. The number of rotatable bonds is 7. The van der Waals surface area contributed by atoms with Crippen LogP contribution in [0.4, 0.5) is 5.69 Å². The Morgan fingerprint density at radius 1 is 1.24 bits per heavy atom. The largest absolute Gasteiger partial charge is 0.493 e. The standard InChI is InChI=1S/C20H23ClN2O5S/c1-4-28-18-9-12(5-8-17(18)27-2)16(11-29(3,25)26)23-10-13-14(21)6-7-15(22)19(13)20(23)24/h5-9,16H,4,10-11,22H2,1-3H3. The van der Waals surface area contributed by atoms with Crippen LogP contribution in [0.1, 0.15) is 34.5 Å². The van der Waals surface area contributed by atoms with Crippen molar-refractivity contribution in [3.05, 3.63) is 52.0 Å². The van der Waals surface area contributed by atoms with E-state index in [-0.39, 0.29) is 18.2 Å². The molecule has 0 saturated heterocycles. The number of nitrogen functional groups attached to an aromatic ring is 1. The number of hydrogen-bond donors (Lipinski definition) is 1. The minimum Gasteiger partial charge on any atom is -0.493 e. The number of ether oxygens (including phenoxy) is 2. The minimum absolute atomic E-state index is 0.175. The Kier molecular flexibility index (Phi) is 5.95. The predicted molar refractivity (Wildman–Crippen MR) is 112 cm³/mol. The van der Waals surface area contributed by atoms with E-state index in [1.807, 2.05) is 6.92 Å². The number of amides is 1. The number of carbonyl (C=O) groups excluding carboxylic acids is 1. The van der Waals surface area contributed by atoms with E-state index in [0.717, 1.165) is 6.26 Å². The zero-order valence-corrected chi connectivity index (χ0v) is 18.0. The van der Waals surface area contributed by atoms with Crippen LogP contribution in [0.25, 0.3) is 0 Å². The van der Waals surface area contributed by atoms with Gasteiger partial charge in [-0.05, 0) is 36.8 Å². The minimum atomic E-state index is -3.41. The van der Waals surface area contributed by atoms with E-state index in [2.05, 4.69) is 0 Å². The summed E-state index contributed by atoms with van der Waals surface area (Å²) in [7, 11) is -1.89. The average molecular weight is 439 g/mol. The van der Waals surface area contributed by atoms with Crippen LogP contribution in [-0.4, -0.2) is 45.0 Å². The van der Waals surface area contributed by atoms with Crippen LogP contribution in [0, 0.1) is 0 Å². The van der Waals surface area contributed by atoms with Gasteiger partial charge in [-0.25, -0.2) is 8.42 Å². The molecule has 0 radical (unpaired) electrons. The van der Waals surface area contributed by atoms with Crippen LogP contribution >= 0.6 is 11.6 Å². The molecule has 0 aromatic heterocycles. The molecular formula is C20H23ClN2O5S. The van der Waals surface area contributed by atoms with Gasteiger partial charge >= 0.3 is 0 Å². The summed E-state index contributed by atoms with van der Waals surface area (Å²) in [5.41, 5.74) is 7.87. The van der Waals surface area contributed by atoms with E-state index in [4.69, 9.17) is 26.8 Å². The third kappa shape index (κ3) is 4.28. The molecular weight excluding hydrogens is 416 g/mol. The quantitative estimate of drug-likeness (QED) is 0.667. The Balaban J connectivity index is 2.08. The van der Waals surface area contributed by atoms with Gasteiger partial charge in [0.05, 0.1) is 31.1 Å². The normalized spacial score (nSPS) is 14.6. The molecule has 2 aromatic rings. The number of halogens is 1. The van der Waals surface area contributed by atoms with Crippen LogP contribution in [-0.2, 0) is 16.4 Å². The van der Waals surface area contributed by atoms with Crippen LogP contribution in [0.3, 0.4) is 0 Å². The molecule has 29 heavy (non-hydrogen) atoms. The summed E-state index contributed by atoms with van der Waals surface area (Å²) in [6, 6.07) is 7.63. The van der Waals surface area contributed by atoms with Crippen molar-refractivity contribution < 1.29 is 22.7 Å². The van der Waals surface area contributed by atoms with Crippen LogP contribution in [0.5, 0.6) is 11.5 Å². The number of sulfone groups is 1. The predicted octanol–water partition coefficient (Wildman–Crippen LogP) is 3.07. The van der Waals surface area contributed by atoms with Crippen molar-refractivity contribution in [2.75, 3.05) is 31.5 Å². The Hall–Kier alpha value is -2.45. The van der Waals surface area contributed by atoms with E-state index >= 15 is 0 Å². The second-order valence-electron chi connectivity index (χ2n) is 6.87. The molecule has 0 aliphatic carbocycles. The van der Waals surface area contributed by atoms with Crippen molar-refractivity contribution in [1.29, 1.82) is 0 Å². The molecule has 0 saturated carbocycles. The highest BCUT2D eigenvalue weighted by atomic mass is 35.5. The molecule has 1 atom stereocenters. The molecule has 0 bridgehead atoms. The molecule has 3 rings (SSSR count). The maximum atomic E-state index is 13.1. The molecule has 2 aromatic carbocycles. The lowest BCUT2D eigenvalue weighted by atomic mass is 10.1. The molecule has 1 unspecified atom stereocenters. The zero-order chi connectivity index (χ0) is 21.3. The van der Waals surface area contributed by atoms with Crippen LogP contribution in [0.15, 0.2) is 30.3 Å². The molecule has 7 nitrogen and oxygen atoms in total. The molecule has 0 spiro atoms. The Morgan fingerprint density at radius 3 is 2.55 bits per heavy atom. The zero-order valence-electron chi connectivity index (χ0n) is 16.4. The second-order valence-corrected chi connectivity index (χ2v) is 9.47. The number of hydrogen-bond acceptors (Lipinski definition) is 6. The number of anilines is 1. The van der Waals surface area contributed by atoms with Gasteiger partial charge in [0.25, 0.3) is 5.91 Å². The van der Waals surface area contributed by atoms with Crippen LogP contribution < -0.4 is 15.2 Å². The monoisotopic (exact) mass is 438 g/mol. The third-order valence-corrected chi connectivity index (χ3v) is 6.08. The summed E-state index contributed by atoms with van der Waals surface area (Å²) in [5, 5.41) is 0.424. The van der Waals surface area contributed by atoms with Gasteiger partial charge in [-0.3, -0.25) is 4.79 Å². The van der Waals surface area contributed by atoms with Crippen molar-refractivity contribution in [3.8, 4) is 11.5 Å². The lowest BCUT2D eigenvalue weighted by Gasteiger charge is -2.28. The highest BCUT2D eigenvalue weighted by Crippen LogP contribution is 2.40. The molecule has 1 aliphatic heterocycles. The first kappa shape index (κ1) is 21.3. The third-order valence-electron chi connectivity index (χ3n) is 4.80. The van der Waals surface area contributed by atoms with Gasteiger partial charge < -0.3 is 20.1 Å². The summed E-state index contributed by atoms with van der Waals surface area (Å²) in [5.74, 6) is 0.412. The highest BCUT2D eigenvalue weighted by Gasteiger charge is 2.38. The Bertz CT molecular complexity index is 1060. The maximum absolute atomic E-state index is 13.1. The number of nitrogens with zero attached hydrogens (tertiary/aromatic N) is 1. The summed E-state index contributed by atoms with van der Waals surface area (Å²) in [6.45, 7) is 2.43. The van der Waals surface area contributed by atoms with Gasteiger partial charge in [0.15, 0.2) is 11.5 Å². The Morgan fingerprint density at radius 2 is 1.97 bits per heavy atom. The van der Waals surface area contributed by atoms with Gasteiger partial charge in [0, 0.05) is 29.1 Å². The molecule has 0 fully saturated rings. The van der Waals surface area contributed by atoms with Gasteiger partial charge in [0.2, 0.25) is 0 Å². The van der Waals surface area contributed by atoms with Crippen LogP contribution in [0.2, 0.25) is 5.02 Å². The van der Waals surface area contributed by atoms with Gasteiger partial charge in [-0.1, -0.05) is 17.7 Å². The van der Waals surface area contributed by atoms with E-state index in [1.54, 1.807) is 30.3 Å². The number of methoxy groups -OCH3 is 1. The number of fused-ring (bicyclic) bond motifs is 1. The van der Waals surface area contributed by atoms with Gasteiger partial charge in [0.1, 0.15) is 9.84 Å². The lowest BCUT2D eigenvalue weighted by molar-refractivity contribution is 0.0719. The maximum Gasteiger partial charge on any atom is 0.257 e. The molecule has 156 valence electrons. The fraction of sp³-hybridized carbons (Fsp3) is 0.350. The fourth-order valence-electron chi connectivity index (χ4n) is 3.51. The van der Waals surface area contributed by atoms with Crippen molar-refractivity contribution >= 4 is 33.0 Å². The molecule has 1 amide bonds. The topological polar surface area (TPSA) is 98.9 Å². The molecule has 2 N–H and O–H groups in total. The van der Waals surface area contributed by atoms with E-state index in [9.17, 15) is 13.2 Å². The SMILES string of the molecule is CCOc1cc(C(CS(C)(=O)=O)N2Cc3c(Cl)ccc(N)c3C2=O)ccc1OC. The van der Waals surface area contributed by atoms with Crippen molar-refractivity contribution in [2.45, 2.75) is 19.5 Å². The lowest BCUT2D eigenvalue weighted by Crippen LogP contribution is -2.33. The average Bonchev–Trinajstić information content (AvgIpc) is 3.01. The first-order valence-electron chi connectivity index (χ1n) is 9.02. The van der Waals surface area contributed by atoms with E-state index < -0.39 is 15.9 Å². The summed E-state index contributed by atoms with van der Waals surface area (Å²) >= 11 is 6.27. The first-order valence-corrected chi connectivity index (χ1v) is 11.5. The smallest absolute Gasteiger partial charge is 0.257 e. The number of nitrogens with two attached hydrogens (primary N) is 1. The second kappa shape index (κ2) is 8.12. The molecule has 9 heteroatoms. The number of benzene rings is 2. The number of carbonyl (C=O) groups is 1. The summed E-state index contributed by atoms with van der Waals surface area (Å²) in [4.78, 5) is 14.6. The highest BCUT2D eigenvalue weighted by molar-refractivity contribution is 7.90. The first-order chi connectivity index (χ1) is 13.7. The molecule has 1 aliphatic rings. The van der Waals surface area contributed by atoms with Gasteiger partial charge in [-0.15, -0.1) is 0 Å². The summed E-state index contributed by atoms with van der Waals surface area (Å²) < 4.78 is 35.3. The summed E-state index contributed by atoms with van der Waals surface area (Å²) in [6.07, 6.45) is 1.14. The van der Waals surface area contributed by atoms with Gasteiger partial charge in [-0.2, -0.15) is 0 Å². The van der Waals surface area contributed by atoms with E-state index in [0.29, 0.717) is 45.5 Å². The molecule has 1 heterocycles. The van der Waals surface area contributed by atoms with Crippen molar-refractivity contribution in [1.82, 2.24) is 4.90 Å². The van der Waals surface area contributed by atoms with Crippen molar-refractivity contribution in [3.63, 3.8) is 0 Å².